The van der Waals surface area contributed by atoms with E-state index in [1.807, 2.05) is 18.2 Å². The van der Waals surface area contributed by atoms with E-state index in [4.69, 9.17) is 4.74 Å². The Labute approximate surface area is 156 Å². The summed E-state index contributed by atoms with van der Waals surface area (Å²) in [6.45, 7) is 6.54. The molecule has 0 spiro atoms. The van der Waals surface area contributed by atoms with Crippen LogP contribution in [0.25, 0.3) is 10.9 Å². The van der Waals surface area contributed by atoms with Crippen LogP contribution < -0.4 is 0 Å². The number of carbonyl (C=O) groups excluding carboxylic acids is 3. The van der Waals surface area contributed by atoms with Crippen molar-refractivity contribution in [3.8, 4) is 0 Å². The van der Waals surface area contributed by atoms with Crippen LogP contribution in [0.3, 0.4) is 0 Å². The number of Topliss-reactive ketones (excluding diaryl/α,β-unsaturated/α-hetero) is 2. The van der Waals surface area contributed by atoms with E-state index in [0.717, 1.165) is 22.9 Å². The third-order valence-corrected chi connectivity index (χ3v) is 4.81. The molecule has 0 aliphatic carbocycles. The molecule has 0 saturated heterocycles. The molecule has 1 aromatic carbocycles. The van der Waals surface area contributed by atoms with E-state index in [1.54, 1.807) is 20.0 Å². The third-order valence-electron chi connectivity index (χ3n) is 4.81. The molecule has 3 rings (SSSR count). The molecule has 6 heteroatoms. The van der Waals surface area contributed by atoms with Gasteiger partial charge in [0.2, 0.25) is 5.78 Å². The maximum atomic E-state index is 12.6. The molecular formula is C21H22N2O4. The summed E-state index contributed by atoms with van der Waals surface area (Å²) < 4.78 is 5.20. The van der Waals surface area contributed by atoms with Crippen molar-refractivity contribution in [2.24, 2.45) is 0 Å². The number of aryl methyl sites for hydroxylation is 2. The smallest absolute Gasteiger partial charge is 0.355 e. The molecule has 3 aromatic rings. The molecule has 0 amide bonds. The predicted octanol–water partition coefficient (Wildman–Crippen LogP) is 3.92. The van der Waals surface area contributed by atoms with Crippen molar-refractivity contribution >= 4 is 28.4 Å². The van der Waals surface area contributed by atoms with Crippen molar-refractivity contribution < 1.29 is 19.1 Å². The first-order valence-electron chi connectivity index (χ1n) is 8.84. The summed E-state index contributed by atoms with van der Waals surface area (Å²) in [5, 5.41) is 0.821. The number of aromatic amines is 2. The fourth-order valence-electron chi connectivity index (χ4n) is 3.51. The highest BCUT2D eigenvalue weighted by molar-refractivity contribution is 6.10. The monoisotopic (exact) mass is 366 g/mol. The maximum Gasteiger partial charge on any atom is 0.355 e. The van der Waals surface area contributed by atoms with Gasteiger partial charge in [0.05, 0.1) is 0 Å². The molecule has 2 heterocycles. The van der Waals surface area contributed by atoms with Gasteiger partial charge in [0, 0.05) is 33.9 Å². The first-order chi connectivity index (χ1) is 12.8. The number of hydrogen-bond donors (Lipinski definition) is 2. The zero-order valence-corrected chi connectivity index (χ0v) is 15.9. The van der Waals surface area contributed by atoms with Gasteiger partial charge in [0.25, 0.3) is 0 Å². The summed E-state index contributed by atoms with van der Waals surface area (Å²) in [6, 6.07) is 5.79. The number of rotatable bonds is 6. The number of para-hydroxylation sites is 1. The number of aromatic nitrogens is 2. The Hall–Kier alpha value is -3.15. The van der Waals surface area contributed by atoms with E-state index < -0.39 is 5.97 Å². The number of ether oxygens (including phenoxy) is 1. The lowest BCUT2D eigenvalue weighted by Gasteiger charge is -2.04. The largest absolute Gasteiger partial charge is 0.453 e. The number of carbonyl (C=O) groups is 3. The van der Waals surface area contributed by atoms with Crippen LogP contribution in [0.2, 0.25) is 0 Å². The van der Waals surface area contributed by atoms with Crippen LogP contribution in [0, 0.1) is 13.8 Å². The molecule has 0 saturated carbocycles. The average Bonchev–Trinajstić information content (AvgIpc) is 3.19. The highest BCUT2D eigenvalue weighted by Crippen LogP contribution is 2.23. The molecular weight excluding hydrogens is 344 g/mol. The van der Waals surface area contributed by atoms with Gasteiger partial charge in [-0.05, 0) is 38.3 Å². The minimum atomic E-state index is -0.648. The van der Waals surface area contributed by atoms with Gasteiger partial charge in [-0.15, -0.1) is 0 Å². The Morgan fingerprint density at radius 3 is 2.52 bits per heavy atom. The second-order valence-corrected chi connectivity index (χ2v) is 6.58. The molecule has 0 aliphatic heterocycles. The molecule has 2 aromatic heterocycles. The molecule has 0 bridgehead atoms. The zero-order chi connectivity index (χ0) is 19.7. The highest BCUT2D eigenvalue weighted by Gasteiger charge is 2.22. The predicted molar refractivity (Wildman–Crippen MR) is 103 cm³/mol. The Balaban J connectivity index is 1.78. The topological polar surface area (TPSA) is 92.0 Å². The number of fused-ring (bicyclic) bond motifs is 1. The lowest BCUT2D eigenvalue weighted by Crippen LogP contribution is -2.15. The molecule has 140 valence electrons. The molecule has 0 unspecified atom stereocenters. The SMILES string of the molecule is CCc1cccc2c(C(=O)COC(=O)c3[nH]c(C)c(C(C)=O)c3C)c[nH]c12. The third kappa shape index (κ3) is 3.30. The van der Waals surface area contributed by atoms with E-state index in [1.165, 1.54) is 6.92 Å². The quantitative estimate of drug-likeness (QED) is 0.511. The number of hydrogen-bond acceptors (Lipinski definition) is 4. The lowest BCUT2D eigenvalue weighted by molar-refractivity contribution is 0.0469. The fraction of sp³-hybridized carbons (Fsp3) is 0.286. The van der Waals surface area contributed by atoms with Gasteiger partial charge in [-0.1, -0.05) is 25.1 Å². The van der Waals surface area contributed by atoms with Crippen molar-refractivity contribution in [2.45, 2.75) is 34.1 Å². The van der Waals surface area contributed by atoms with Crippen LogP contribution in [0.5, 0.6) is 0 Å². The van der Waals surface area contributed by atoms with Crippen molar-refractivity contribution in [3.63, 3.8) is 0 Å². The van der Waals surface area contributed by atoms with E-state index in [-0.39, 0.29) is 23.9 Å². The first kappa shape index (κ1) is 18.6. The first-order valence-corrected chi connectivity index (χ1v) is 8.84. The van der Waals surface area contributed by atoms with Gasteiger partial charge in [0.15, 0.2) is 12.4 Å². The van der Waals surface area contributed by atoms with E-state index in [9.17, 15) is 14.4 Å². The van der Waals surface area contributed by atoms with Gasteiger partial charge in [-0.25, -0.2) is 4.79 Å². The summed E-state index contributed by atoms with van der Waals surface area (Å²) in [5.41, 5.74) is 4.39. The van der Waals surface area contributed by atoms with Crippen LogP contribution in [0.15, 0.2) is 24.4 Å². The van der Waals surface area contributed by atoms with Crippen LogP contribution in [0.1, 0.15) is 61.9 Å². The standard InChI is InChI=1S/C21H22N2O4/c1-5-14-7-6-8-15-16(9-22-20(14)15)17(25)10-27-21(26)19-11(2)18(13(4)24)12(3)23-19/h6-9,22-23H,5,10H2,1-4H3. The highest BCUT2D eigenvalue weighted by atomic mass is 16.5. The van der Waals surface area contributed by atoms with Crippen LogP contribution in [-0.4, -0.2) is 34.1 Å². The van der Waals surface area contributed by atoms with E-state index in [0.29, 0.717) is 22.4 Å². The number of esters is 1. The minimum absolute atomic E-state index is 0.123. The Kier molecular flexibility index (Phi) is 4.99. The van der Waals surface area contributed by atoms with Crippen molar-refractivity contribution in [1.29, 1.82) is 0 Å². The fourth-order valence-corrected chi connectivity index (χ4v) is 3.51. The molecule has 0 radical (unpaired) electrons. The Morgan fingerprint density at radius 2 is 1.89 bits per heavy atom. The minimum Gasteiger partial charge on any atom is -0.453 e. The molecule has 0 aliphatic rings. The van der Waals surface area contributed by atoms with E-state index in [2.05, 4.69) is 16.9 Å². The number of benzene rings is 1. The molecule has 0 fully saturated rings. The Bertz CT molecular complexity index is 1060. The van der Waals surface area contributed by atoms with Crippen molar-refractivity contribution in [2.75, 3.05) is 6.61 Å². The van der Waals surface area contributed by atoms with Crippen LogP contribution >= 0.6 is 0 Å². The van der Waals surface area contributed by atoms with Gasteiger partial charge in [-0.2, -0.15) is 0 Å². The summed E-state index contributed by atoms with van der Waals surface area (Å²) in [5.74, 6) is -1.05. The summed E-state index contributed by atoms with van der Waals surface area (Å²) in [6.07, 6.45) is 2.50. The van der Waals surface area contributed by atoms with Crippen molar-refractivity contribution in [1.82, 2.24) is 9.97 Å². The van der Waals surface area contributed by atoms with Gasteiger partial charge < -0.3 is 14.7 Å². The molecule has 2 N–H and O–H groups in total. The van der Waals surface area contributed by atoms with Crippen molar-refractivity contribution in [3.05, 3.63) is 58.0 Å². The summed E-state index contributed by atoms with van der Waals surface area (Å²) >= 11 is 0. The second kappa shape index (κ2) is 7.23. The lowest BCUT2D eigenvalue weighted by atomic mass is 10.1. The average molecular weight is 366 g/mol. The van der Waals surface area contributed by atoms with Gasteiger partial charge >= 0.3 is 5.97 Å². The second-order valence-electron chi connectivity index (χ2n) is 6.58. The number of nitrogens with one attached hydrogen (secondary N) is 2. The molecule has 27 heavy (non-hydrogen) atoms. The van der Waals surface area contributed by atoms with Crippen LogP contribution in [-0.2, 0) is 11.2 Å². The zero-order valence-electron chi connectivity index (χ0n) is 15.9. The molecule has 6 nitrogen and oxygen atoms in total. The van der Waals surface area contributed by atoms with Gasteiger partial charge in [0.1, 0.15) is 5.69 Å². The number of ketones is 2. The normalized spacial score (nSPS) is 11.0. The molecule has 0 atom stereocenters. The maximum absolute atomic E-state index is 12.6. The van der Waals surface area contributed by atoms with Crippen LogP contribution in [0.4, 0.5) is 0 Å². The number of H-pyrrole nitrogens is 2. The summed E-state index contributed by atoms with van der Waals surface area (Å²) in [4.78, 5) is 42.6. The summed E-state index contributed by atoms with van der Waals surface area (Å²) in [7, 11) is 0. The van der Waals surface area contributed by atoms with Gasteiger partial charge in [-0.3, -0.25) is 9.59 Å². The Morgan fingerprint density at radius 1 is 1.15 bits per heavy atom. The van der Waals surface area contributed by atoms with E-state index >= 15 is 0 Å².